The number of aliphatic hydroxyl groups excluding tert-OH is 4. The number of aliphatic hydroxyl groups is 4. The topological polar surface area (TPSA) is 124 Å². The molecule has 5 atom stereocenters. The van der Waals surface area contributed by atoms with Gasteiger partial charge in [-0.1, -0.05) is 36.4 Å². The van der Waals surface area contributed by atoms with Crippen LogP contribution < -0.4 is 5.32 Å². The first-order chi connectivity index (χ1) is 15.3. The molecule has 8 nitrogen and oxygen atoms in total. The van der Waals surface area contributed by atoms with Gasteiger partial charge < -0.3 is 35.0 Å². The van der Waals surface area contributed by atoms with Gasteiger partial charge in [0.2, 0.25) is 0 Å². The summed E-state index contributed by atoms with van der Waals surface area (Å²) >= 11 is 0. The Bertz CT molecular complexity index is 1130. The van der Waals surface area contributed by atoms with Gasteiger partial charge in [0, 0.05) is 18.4 Å². The molecular weight excluding hydrogens is 412 g/mol. The minimum Gasteiger partial charge on any atom is -0.394 e. The molecular formula is C24H28N2O6. The largest absolute Gasteiger partial charge is 0.394 e. The predicted molar refractivity (Wildman–Crippen MR) is 118 cm³/mol. The number of nitrogens with one attached hydrogen (secondary N) is 1. The average Bonchev–Trinajstić information content (AvgIpc) is 3.07. The van der Waals surface area contributed by atoms with E-state index < -0.39 is 43.2 Å². The third-order valence-corrected chi connectivity index (χ3v) is 6.27. The van der Waals surface area contributed by atoms with E-state index >= 15 is 0 Å². The van der Waals surface area contributed by atoms with Gasteiger partial charge in [-0.25, -0.2) is 0 Å². The van der Waals surface area contributed by atoms with Crippen molar-refractivity contribution in [3.8, 4) is 0 Å². The van der Waals surface area contributed by atoms with Crippen molar-refractivity contribution in [1.82, 2.24) is 9.88 Å². The fourth-order valence-electron chi connectivity index (χ4n) is 4.17. The number of fused-ring (bicyclic) bond motifs is 1. The summed E-state index contributed by atoms with van der Waals surface area (Å²) in [6.07, 6.45) is -3.87. The highest BCUT2D eigenvalue weighted by Gasteiger charge is 2.44. The molecule has 1 saturated heterocycles. The predicted octanol–water partition coefficient (Wildman–Crippen LogP) is 0.836. The van der Waals surface area contributed by atoms with Gasteiger partial charge in [-0.15, -0.1) is 0 Å². The summed E-state index contributed by atoms with van der Waals surface area (Å²) in [7, 11) is 0. The molecule has 1 aliphatic rings. The lowest BCUT2D eigenvalue weighted by atomic mass is 9.96. The summed E-state index contributed by atoms with van der Waals surface area (Å²) in [4.78, 5) is 12.9. The molecule has 2 unspecified atom stereocenters. The van der Waals surface area contributed by atoms with Crippen molar-refractivity contribution in [3.05, 3.63) is 71.0 Å². The first-order valence-electron chi connectivity index (χ1n) is 10.6. The second-order valence-electron chi connectivity index (χ2n) is 8.29. The van der Waals surface area contributed by atoms with E-state index in [1.54, 1.807) is 6.20 Å². The van der Waals surface area contributed by atoms with Gasteiger partial charge in [0.05, 0.1) is 12.2 Å². The number of carbonyl (C=O) groups is 1. The molecule has 0 radical (unpaired) electrons. The lowest BCUT2D eigenvalue weighted by Crippen LogP contribution is -2.64. The van der Waals surface area contributed by atoms with Crippen LogP contribution in [0.25, 0.3) is 10.8 Å². The molecule has 1 amide bonds. The van der Waals surface area contributed by atoms with Crippen molar-refractivity contribution in [2.75, 3.05) is 6.61 Å². The van der Waals surface area contributed by atoms with E-state index in [2.05, 4.69) is 35.6 Å². The molecule has 2 heterocycles. The van der Waals surface area contributed by atoms with E-state index in [0.717, 1.165) is 27.6 Å². The summed E-state index contributed by atoms with van der Waals surface area (Å²) in [6.45, 7) is 3.78. The van der Waals surface area contributed by atoms with E-state index in [1.807, 2.05) is 30.5 Å². The number of hydrogen-bond acceptors (Lipinski definition) is 6. The van der Waals surface area contributed by atoms with Gasteiger partial charge >= 0.3 is 0 Å². The third kappa shape index (κ3) is 4.15. The van der Waals surface area contributed by atoms with Crippen molar-refractivity contribution < 1.29 is 30.0 Å². The van der Waals surface area contributed by atoms with Crippen molar-refractivity contribution >= 4 is 16.7 Å². The van der Waals surface area contributed by atoms with Crippen LogP contribution in [0.5, 0.6) is 0 Å². The second kappa shape index (κ2) is 9.01. The maximum atomic E-state index is 12.9. The monoisotopic (exact) mass is 440 g/mol. The highest BCUT2D eigenvalue weighted by molar-refractivity contribution is 5.96. The number of carbonyl (C=O) groups excluding carboxylic acids is 1. The van der Waals surface area contributed by atoms with E-state index in [0.29, 0.717) is 12.1 Å². The van der Waals surface area contributed by atoms with Gasteiger partial charge in [-0.3, -0.25) is 4.79 Å². The summed E-state index contributed by atoms with van der Waals surface area (Å²) in [6, 6.07) is 13.1. The van der Waals surface area contributed by atoms with Crippen molar-refractivity contribution in [2.24, 2.45) is 0 Å². The molecule has 1 aliphatic heterocycles. The SMILES string of the molecule is Cc1c(C(=O)N[C@H]2C(O)O[C@H](CO)[C@@H](O)C2O)cn(Cc2ccc3ccccc3c2)c1C. The smallest absolute Gasteiger partial charge is 0.253 e. The van der Waals surface area contributed by atoms with Crippen LogP contribution in [0.4, 0.5) is 0 Å². The van der Waals surface area contributed by atoms with Crippen LogP contribution in [0, 0.1) is 13.8 Å². The van der Waals surface area contributed by atoms with Crippen LogP contribution in [-0.4, -0.2) is 68.2 Å². The van der Waals surface area contributed by atoms with Crippen LogP contribution in [0.2, 0.25) is 0 Å². The Morgan fingerprint density at radius 2 is 1.78 bits per heavy atom. The van der Waals surface area contributed by atoms with Crippen LogP contribution >= 0.6 is 0 Å². The zero-order valence-corrected chi connectivity index (χ0v) is 18.0. The number of rotatable bonds is 5. The fraction of sp³-hybridized carbons (Fsp3) is 0.375. The Kier molecular flexibility index (Phi) is 6.32. The minimum absolute atomic E-state index is 0.404. The zero-order valence-electron chi connectivity index (χ0n) is 18.0. The number of nitrogens with zero attached hydrogens (tertiary/aromatic N) is 1. The van der Waals surface area contributed by atoms with Gasteiger partial charge in [0.25, 0.3) is 5.91 Å². The minimum atomic E-state index is -1.56. The second-order valence-corrected chi connectivity index (χ2v) is 8.29. The Morgan fingerprint density at radius 3 is 2.50 bits per heavy atom. The van der Waals surface area contributed by atoms with Crippen molar-refractivity contribution in [3.63, 3.8) is 0 Å². The van der Waals surface area contributed by atoms with Crippen LogP contribution in [0.15, 0.2) is 48.7 Å². The summed E-state index contributed by atoms with van der Waals surface area (Å²) < 4.78 is 7.10. The lowest BCUT2D eigenvalue weighted by molar-refractivity contribution is -0.252. The molecule has 2 aromatic carbocycles. The molecule has 1 aromatic heterocycles. The number of ether oxygens (including phenoxy) is 1. The van der Waals surface area contributed by atoms with Crippen LogP contribution in [0.1, 0.15) is 27.2 Å². The first kappa shape index (κ1) is 22.4. The zero-order chi connectivity index (χ0) is 23.0. The molecule has 0 spiro atoms. The highest BCUT2D eigenvalue weighted by atomic mass is 16.6. The molecule has 8 heteroatoms. The molecule has 3 aromatic rings. The van der Waals surface area contributed by atoms with Gasteiger partial charge in [0.1, 0.15) is 24.4 Å². The van der Waals surface area contributed by atoms with Gasteiger partial charge in [-0.05, 0) is 41.8 Å². The van der Waals surface area contributed by atoms with Crippen molar-refractivity contribution in [2.45, 2.75) is 51.0 Å². The quantitative estimate of drug-likeness (QED) is 0.401. The molecule has 32 heavy (non-hydrogen) atoms. The lowest BCUT2D eigenvalue weighted by Gasteiger charge is -2.40. The molecule has 170 valence electrons. The molecule has 0 bridgehead atoms. The van der Waals surface area contributed by atoms with Crippen molar-refractivity contribution in [1.29, 1.82) is 0 Å². The standard InChI is InChI=1S/C24H28N2O6/c1-13-14(2)26(10-15-7-8-16-5-3-4-6-17(16)9-15)11-18(13)23(30)25-20-22(29)21(28)19(12-27)32-24(20)31/h3-9,11,19-22,24,27-29,31H,10,12H2,1-2H3,(H,25,30)/t19-,20-,21-,22?,24?/m1/s1. The van der Waals surface area contributed by atoms with E-state index in [1.165, 1.54) is 0 Å². The number of hydrogen-bond donors (Lipinski definition) is 5. The average molecular weight is 440 g/mol. The Labute approximate surface area is 185 Å². The Hall–Kier alpha value is -2.75. The number of aromatic nitrogens is 1. The Balaban J connectivity index is 1.53. The van der Waals surface area contributed by atoms with Gasteiger partial charge in [-0.2, -0.15) is 0 Å². The van der Waals surface area contributed by atoms with Gasteiger partial charge in [0.15, 0.2) is 6.29 Å². The number of benzene rings is 2. The summed E-state index contributed by atoms with van der Waals surface area (Å²) in [5.74, 6) is -0.496. The Morgan fingerprint density at radius 1 is 1.06 bits per heavy atom. The highest BCUT2D eigenvalue weighted by Crippen LogP contribution is 2.23. The molecule has 5 N–H and O–H groups in total. The first-order valence-corrected chi connectivity index (χ1v) is 10.6. The normalized spacial score (nSPS) is 25.8. The van der Waals surface area contributed by atoms with E-state index in [4.69, 9.17) is 4.74 Å². The third-order valence-electron chi connectivity index (χ3n) is 6.27. The molecule has 4 rings (SSSR count). The van der Waals surface area contributed by atoms with Crippen LogP contribution in [0.3, 0.4) is 0 Å². The molecule has 1 fully saturated rings. The maximum absolute atomic E-state index is 12.9. The van der Waals surface area contributed by atoms with E-state index in [-0.39, 0.29) is 0 Å². The fourth-order valence-corrected chi connectivity index (χ4v) is 4.17. The number of amides is 1. The molecule has 0 saturated carbocycles. The van der Waals surface area contributed by atoms with Crippen LogP contribution in [-0.2, 0) is 11.3 Å². The molecule has 0 aliphatic carbocycles. The summed E-state index contributed by atoms with van der Waals surface area (Å²) in [5, 5.41) is 44.5. The summed E-state index contributed by atoms with van der Waals surface area (Å²) in [5.41, 5.74) is 3.20. The maximum Gasteiger partial charge on any atom is 0.253 e. The van der Waals surface area contributed by atoms with E-state index in [9.17, 15) is 25.2 Å².